The van der Waals surface area contributed by atoms with E-state index in [9.17, 15) is 14.7 Å². The Labute approximate surface area is 250 Å². The van der Waals surface area contributed by atoms with Crippen molar-refractivity contribution in [2.75, 3.05) is 25.0 Å². The van der Waals surface area contributed by atoms with E-state index < -0.39 is 11.2 Å². The first kappa shape index (κ1) is 32.4. The minimum absolute atomic E-state index is 0.0295. The number of hydrogen-bond acceptors (Lipinski definition) is 7. The fraction of sp³-hybridized carbons (Fsp3) is 0.400. The Kier molecular flexibility index (Phi) is 10.9. The van der Waals surface area contributed by atoms with Crippen molar-refractivity contribution >= 4 is 47.5 Å². The smallest absolute Gasteiger partial charge is 0.221 e. The van der Waals surface area contributed by atoms with Crippen LogP contribution in [-0.2, 0) is 15.0 Å². The summed E-state index contributed by atoms with van der Waals surface area (Å²) in [7, 11) is 1.59. The van der Waals surface area contributed by atoms with E-state index in [2.05, 4.69) is 26.9 Å². The highest BCUT2D eigenvalue weighted by molar-refractivity contribution is 6.33. The highest BCUT2D eigenvalue weighted by atomic mass is 35.5. The van der Waals surface area contributed by atoms with Gasteiger partial charge in [-0.3, -0.25) is 19.6 Å². The molecule has 0 saturated carbocycles. The number of pyridine rings is 1. The Morgan fingerprint density at radius 1 is 1.29 bits per heavy atom. The second-order valence-corrected chi connectivity index (χ2v) is 11.2. The lowest BCUT2D eigenvalue weighted by Crippen LogP contribution is -2.45. The molecule has 0 aliphatic heterocycles. The van der Waals surface area contributed by atoms with Crippen LogP contribution in [0.5, 0.6) is 0 Å². The lowest BCUT2D eigenvalue weighted by molar-refractivity contribution is -0.109. The Hall–Kier alpha value is -4.12. The Balaban J connectivity index is 2.38. The average molecular weight is 598 g/mol. The molecule has 0 aromatic carbocycles. The van der Waals surface area contributed by atoms with Gasteiger partial charge in [-0.15, -0.1) is 6.58 Å². The summed E-state index contributed by atoms with van der Waals surface area (Å²) in [4.78, 5) is 45.4. The van der Waals surface area contributed by atoms with E-state index in [1.807, 2.05) is 32.6 Å². The van der Waals surface area contributed by atoms with Crippen LogP contribution >= 0.6 is 11.6 Å². The molecule has 0 fully saturated rings. The van der Waals surface area contributed by atoms with Gasteiger partial charge < -0.3 is 15.3 Å². The fourth-order valence-electron chi connectivity index (χ4n) is 4.69. The molecule has 2 N–H and O–H groups in total. The lowest BCUT2D eigenvalue weighted by Gasteiger charge is -2.34. The van der Waals surface area contributed by atoms with E-state index in [0.29, 0.717) is 55.8 Å². The average Bonchev–Trinajstić information content (AvgIpc) is 2.95. The van der Waals surface area contributed by atoms with E-state index in [1.54, 1.807) is 19.2 Å². The third kappa shape index (κ3) is 7.02. The first-order valence-corrected chi connectivity index (χ1v) is 13.9. The number of carbonyl (C=O) groups is 2. The molecule has 0 radical (unpaired) electrons. The number of aliphatic imine (C=N–C) groups is 1. The molecule has 0 bridgehead atoms. The molecule has 1 aliphatic rings. The van der Waals surface area contributed by atoms with E-state index in [4.69, 9.17) is 16.6 Å². The van der Waals surface area contributed by atoms with Crippen molar-refractivity contribution < 1.29 is 19.1 Å². The van der Waals surface area contributed by atoms with Gasteiger partial charge in [0, 0.05) is 50.4 Å². The largest absolute Gasteiger partial charge is 0.511 e. The minimum Gasteiger partial charge on any atom is -0.511 e. The summed E-state index contributed by atoms with van der Waals surface area (Å²) in [5, 5.41) is 13.4. The number of aliphatic hydroxyl groups is 1. The summed E-state index contributed by atoms with van der Waals surface area (Å²) < 4.78 is 15.1. The van der Waals surface area contributed by atoms with Gasteiger partial charge in [0.25, 0.3) is 0 Å². The lowest BCUT2D eigenvalue weighted by atomic mass is 9.91. The summed E-state index contributed by atoms with van der Waals surface area (Å²) in [6, 6.07) is 1.31. The standard InChI is InChI=1S/C30H37ClFN7O3/c1-7-8-14-38(19(2)16-34-17-40)27(33-6)20-15-21(31)25(24-22(32)10-9-11-23(24)42)37-28(20)39(18-41)29-26(30(3,4)5)35-12-13-36-29/h7,10,12-13,15,17-19,42H,1,8-9,11,14,16H2,2-6H3,(H,34,40). The topological polar surface area (TPSA) is 124 Å². The van der Waals surface area contributed by atoms with Crippen LogP contribution in [0, 0.1) is 0 Å². The number of rotatable bonds is 12. The van der Waals surface area contributed by atoms with Crippen LogP contribution in [0.2, 0.25) is 5.02 Å². The van der Waals surface area contributed by atoms with Crippen molar-refractivity contribution in [3.63, 3.8) is 0 Å². The summed E-state index contributed by atoms with van der Waals surface area (Å²) >= 11 is 6.75. The SMILES string of the molecule is C=CCCN(C(=NC)c1cc(Cl)c(C2=C(O)CCC=C2F)nc1N(C=O)c1nccnc1C(C)(C)C)C(C)CNC=O. The van der Waals surface area contributed by atoms with Crippen LogP contribution in [0.25, 0.3) is 5.57 Å². The molecule has 1 aliphatic carbocycles. The molecule has 2 aromatic heterocycles. The molecule has 224 valence electrons. The van der Waals surface area contributed by atoms with E-state index in [0.717, 1.165) is 0 Å². The zero-order valence-electron chi connectivity index (χ0n) is 24.6. The molecular weight excluding hydrogens is 561 g/mol. The molecule has 3 rings (SSSR count). The zero-order valence-corrected chi connectivity index (χ0v) is 25.3. The number of aromatic nitrogens is 3. The number of nitrogens with zero attached hydrogens (tertiary/aromatic N) is 6. The van der Waals surface area contributed by atoms with Gasteiger partial charge >= 0.3 is 0 Å². The monoisotopic (exact) mass is 597 g/mol. The van der Waals surface area contributed by atoms with Gasteiger partial charge in [-0.1, -0.05) is 38.4 Å². The maximum Gasteiger partial charge on any atom is 0.221 e. The number of amidine groups is 1. The molecule has 42 heavy (non-hydrogen) atoms. The van der Waals surface area contributed by atoms with Crippen molar-refractivity contribution in [3.05, 3.63) is 70.8 Å². The number of carbonyl (C=O) groups excluding carboxylic acids is 2. The number of anilines is 2. The Morgan fingerprint density at radius 2 is 2.00 bits per heavy atom. The molecule has 0 saturated heterocycles. The zero-order chi connectivity index (χ0) is 31.0. The second-order valence-electron chi connectivity index (χ2n) is 10.7. The van der Waals surface area contributed by atoms with Crippen molar-refractivity contribution in [1.82, 2.24) is 25.2 Å². The first-order valence-electron chi connectivity index (χ1n) is 13.6. The van der Waals surface area contributed by atoms with Gasteiger partial charge in [0.1, 0.15) is 17.4 Å². The van der Waals surface area contributed by atoms with Crippen LogP contribution in [0.15, 0.2) is 53.8 Å². The Morgan fingerprint density at radius 3 is 2.60 bits per heavy atom. The number of allylic oxidation sites excluding steroid dienone is 4. The predicted molar refractivity (Wildman–Crippen MR) is 164 cm³/mol. The van der Waals surface area contributed by atoms with Crippen molar-refractivity contribution in [2.45, 2.75) is 58.4 Å². The molecule has 10 nitrogen and oxygen atoms in total. The summed E-state index contributed by atoms with van der Waals surface area (Å²) in [5.41, 5.74) is 0.201. The molecule has 12 heteroatoms. The van der Waals surface area contributed by atoms with Crippen molar-refractivity contribution in [3.8, 4) is 0 Å². The molecule has 2 heterocycles. The van der Waals surface area contributed by atoms with E-state index in [1.165, 1.54) is 23.4 Å². The second kappa shape index (κ2) is 14.2. The third-order valence-corrected chi connectivity index (χ3v) is 6.99. The number of amides is 2. The molecule has 1 atom stereocenters. The molecule has 2 aromatic rings. The molecular formula is C30H37ClFN7O3. The van der Waals surface area contributed by atoms with E-state index >= 15 is 4.39 Å². The van der Waals surface area contributed by atoms with Crippen LogP contribution < -0.4 is 10.2 Å². The van der Waals surface area contributed by atoms with Crippen molar-refractivity contribution in [2.24, 2.45) is 4.99 Å². The van der Waals surface area contributed by atoms with Crippen LogP contribution in [-0.4, -0.2) is 69.8 Å². The number of hydrogen-bond donors (Lipinski definition) is 2. The highest BCUT2D eigenvalue weighted by Crippen LogP contribution is 2.40. The predicted octanol–water partition coefficient (Wildman–Crippen LogP) is 5.42. The van der Waals surface area contributed by atoms with Crippen LogP contribution in [0.1, 0.15) is 63.9 Å². The first-order chi connectivity index (χ1) is 20.0. The van der Waals surface area contributed by atoms with Gasteiger partial charge in [0.15, 0.2) is 11.6 Å². The quantitative estimate of drug-likeness (QED) is 0.145. The minimum atomic E-state index is -0.662. The number of aliphatic hydroxyl groups excluding tert-OH is 1. The van der Waals surface area contributed by atoms with E-state index in [-0.39, 0.29) is 46.1 Å². The van der Waals surface area contributed by atoms with Crippen LogP contribution in [0.4, 0.5) is 16.0 Å². The normalized spacial score (nSPS) is 14.6. The number of nitrogens with one attached hydrogen (secondary N) is 1. The third-order valence-electron chi connectivity index (χ3n) is 6.70. The van der Waals surface area contributed by atoms with Gasteiger partial charge in [-0.25, -0.2) is 19.3 Å². The maximum atomic E-state index is 15.1. The van der Waals surface area contributed by atoms with Gasteiger partial charge in [0.2, 0.25) is 12.8 Å². The number of halogens is 2. The summed E-state index contributed by atoms with van der Waals surface area (Å²) in [5.74, 6) is -0.150. The van der Waals surface area contributed by atoms with Gasteiger partial charge in [0.05, 0.1) is 27.5 Å². The van der Waals surface area contributed by atoms with Crippen LogP contribution in [0.3, 0.4) is 0 Å². The van der Waals surface area contributed by atoms with Gasteiger partial charge in [-0.05, 0) is 31.9 Å². The fourth-order valence-corrected chi connectivity index (χ4v) is 4.93. The highest BCUT2D eigenvalue weighted by Gasteiger charge is 2.32. The summed E-state index contributed by atoms with van der Waals surface area (Å²) in [6.07, 6.45) is 8.43. The van der Waals surface area contributed by atoms with Gasteiger partial charge in [-0.2, -0.15) is 0 Å². The van der Waals surface area contributed by atoms with Crippen molar-refractivity contribution in [1.29, 1.82) is 0 Å². The Bertz CT molecular complexity index is 1420. The molecule has 0 spiro atoms. The molecule has 1 unspecified atom stereocenters. The maximum absolute atomic E-state index is 15.1. The summed E-state index contributed by atoms with van der Waals surface area (Å²) in [6.45, 7) is 12.3. The molecule has 2 amide bonds.